The van der Waals surface area contributed by atoms with Crippen LogP contribution in [0.5, 0.6) is 0 Å². The van der Waals surface area contributed by atoms with Gasteiger partial charge in [0, 0.05) is 31.1 Å². The topological polar surface area (TPSA) is 51.4 Å². The zero-order valence-corrected chi connectivity index (χ0v) is 12.6. The first-order chi connectivity index (χ1) is 9.04. The number of hydrogen-bond donors (Lipinski definition) is 1. The molecular formula is C14H21N3OS. The molecule has 2 rings (SSSR count). The molecule has 19 heavy (non-hydrogen) atoms. The van der Waals surface area contributed by atoms with Gasteiger partial charge in [-0.3, -0.25) is 4.98 Å². The minimum Gasteiger partial charge on any atom is -0.389 e. The predicted molar refractivity (Wildman–Crippen MR) is 81.8 cm³/mol. The summed E-state index contributed by atoms with van der Waals surface area (Å²) in [4.78, 5) is 7.25. The van der Waals surface area contributed by atoms with Gasteiger partial charge in [-0.05, 0) is 32.8 Å². The zero-order valence-electron chi connectivity index (χ0n) is 11.8. The van der Waals surface area contributed by atoms with Gasteiger partial charge in [0.1, 0.15) is 4.99 Å². The molecule has 0 spiro atoms. The van der Waals surface area contributed by atoms with E-state index < -0.39 is 0 Å². The van der Waals surface area contributed by atoms with Gasteiger partial charge < -0.3 is 15.4 Å². The van der Waals surface area contributed by atoms with Crippen LogP contribution in [-0.2, 0) is 4.74 Å². The number of aromatic nitrogens is 1. The Kier molecular flexibility index (Phi) is 4.37. The molecule has 0 aromatic carbocycles. The minimum absolute atomic E-state index is 0.420. The monoisotopic (exact) mass is 279 g/mol. The highest BCUT2D eigenvalue weighted by Crippen LogP contribution is 2.34. The lowest BCUT2D eigenvalue weighted by Gasteiger charge is -2.27. The van der Waals surface area contributed by atoms with E-state index in [1.54, 1.807) is 7.11 Å². The van der Waals surface area contributed by atoms with Crippen LogP contribution < -0.4 is 10.6 Å². The van der Waals surface area contributed by atoms with E-state index in [2.05, 4.69) is 16.0 Å². The summed E-state index contributed by atoms with van der Waals surface area (Å²) in [5, 5.41) is 0. The number of rotatable bonds is 6. The van der Waals surface area contributed by atoms with Gasteiger partial charge in [-0.1, -0.05) is 12.2 Å². The number of nitrogens with two attached hydrogens (primary N) is 1. The molecule has 0 aliphatic heterocycles. The van der Waals surface area contributed by atoms with E-state index in [-0.39, 0.29) is 0 Å². The number of hydrogen-bond acceptors (Lipinski definition) is 4. The van der Waals surface area contributed by atoms with Crippen LogP contribution in [0.15, 0.2) is 6.07 Å². The van der Waals surface area contributed by atoms with Gasteiger partial charge in [0.15, 0.2) is 0 Å². The normalized spacial score (nSPS) is 14.5. The summed E-state index contributed by atoms with van der Waals surface area (Å²) >= 11 is 5.20. The Morgan fingerprint density at radius 1 is 1.53 bits per heavy atom. The average Bonchev–Trinajstić information content (AvgIpc) is 3.12. The van der Waals surface area contributed by atoms with Crippen molar-refractivity contribution in [2.24, 2.45) is 5.73 Å². The molecule has 1 aliphatic carbocycles. The maximum atomic E-state index is 5.89. The quantitative estimate of drug-likeness (QED) is 0.807. The van der Waals surface area contributed by atoms with Crippen molar-refractivity contribution in [2.75, 3.05) is 25.2 Å². The van der Waals surface area contributed by atoms with Gasteiger partial charge in [-0.2, -0.15) is 0 Å². The van der Waals surface area contributed by atoms with Gasteiger partial charge in [0.2, 0.25) is 0 Å². The molecule has 1 aromatic heterocycles. The Morgan fingerprint density at radius 2 is 2.21 bits per heavy atom. The molecule has 0 saturated heterocycles. The number of pyridine rings is 1. The van der Waals surface area contributed by atoms with E-state index in [0.717, 1.165) is 29.2 Å². The molecule has 5 heteroatoms. The number of aryl methyl sites for hydroxylation is 2. The Bertz CT molecular complexity index is 486. The van der Waals surface area contributed by atoms with E-state index in [1.807, 2.05) is 13.8 Å². The molecule has 1 saturated carbocycles. The summed E-state index contributed by atoms with van der Waals surface area (Å²) in [6.45, 7) is 5.53. The second-order valence-corrected chi connectivity index (χ2v) is 5.46. The third kappa shape index (κ3) is 3.22. The number of anilines is 1. The maximum absolute atomic E-state index is 5.89. The molecule has 104 valence electrons. The average molecular weight is 279 g/mol. The van der Waals surface area contributed by atoms with Gasteiger partial charge in [0.25, 0.3) is 0 Å². The summed E-state index contributed by atoms with van der Waals surface area (Å²) in [6, 6.07) is 2.67. The van der Waals surface area contributed by atoms with Crippen LogP contribution in [0.25, 0.3) is 0 Å². The fraction of sp³-hybridized carbons (Fsp3) is 0.571. The summed E-state index contributed by atoms with van der Waals surface area (Å²) in [5.41, 5.74) is 9.80. The molecule has 0 amide bonds. The Balaban J connectivity index is 2.42. The van der Waals surface area contributed by atoms with Crippen molar-refractivity contribution in [1.82, 2.24) is 4.98 Å². The van der Waals surface area contributed by atoms with Gasteiger partial charge in [0.05, 0.1) is 17.9 Å². The van der Waals surface area contributed by atoms with Crippen molar-refractivity contribution in [3.05, 3.63) is 23.0 Å². The number of methoxy groups -OCH3 is 1. The standard InChI is InChI=1S/C14H21N3OS/c1-9-8-12(13(14(15)19)10(2)16-9)17(6-7-18-3)11-4-5-11/h8,11H,4-7H2,1-3H3,(H2,15,19). The number of thiocarbonyl (C=S) groups is 1. The summed E-state index contributed by atoms with van der Waals surface area (Å²) in [5.74, 6) is 0. The smallest absolute Gasteiger partial charge is 0.107 e. The first-order valence-corrected chi connectivity index (χ1v) is 6.99. The van der Waals surface area contributed by atoms with Crippen LogP contribution >= 0.6 is 12.2 Å². The molecule has 0 bridgehead atoms. The van der Waals surface area contributed by atoms with Crippen molar-refractivity contribution in [1.29, 1.82) is 0 Å². The van der Waals surface area contributed by atoms with Crippen molar-refractivity contribution in [3.8, 4) is 0 Å². The molecule has 0 unspecified atom stereocenters. The van der Waals surface area contributed by atoms with E-state index in [9.17, 15) is 0 Å². The van der Waals surface area contributed by atoms with Crippen LogP contribution in [0.2, 0.25) is 0 Å². The van der Waals surface area contributed by atoms with Gasteiger partial charge in [-0.25, -0.2) is 0 Å². The fourth-order valence-corrected chi connectivity index (χ4v) is 2.67. The molecule has 1 heterocycles. The van der Waals surface area contributed by atoms with Crippen LogP contribution in [0.1, 0.15) is 29.8 Å². The Hall–Kier alpha value is -1.20. The van der Waals surface area contributed by atoms with E-state index in [4.69, 9.17) is 22.7 Å². The molecular weight excluding hydrogens is 258 g/mol. The van der Waals surface area contributed by atoms with Crippen molar-refractivity contribution in [3.63, 3.8) is 0 Å². The second kappa shape index (κ2) is 5.84. The molecule has 1 aliphatic rings. The lowest BCUT2D eigenvalue weighted by Crippen LogP contribution is -2.32. The predicted octanol–water partition coefficient (Wildman–Crippen LogP) is 1.95. The SMILES string of the molecule is COCCN(c1cc(C)nc(C)c1C(N)=S)C1CC1. The highest BCUT2D eigenvalue weighted by atomic mass is 32.1. The molecule has 4 nitrogen and oxygen atoms in total. The largest absolute Gasteiger partial charge is 0.389 e. The van der Waals surface area contributed by atoms with Crippen LogP contribution in [0, 0.1) is 13.8 Å². The summed E-state index contributed by atoms with van der Waals surface area (Å²) < 4.78 is 5.21. The highest BCUT2D eigenvalue weighted by molar-refractivity contribution is 7.80. The van der Waals surface area contributed by atoms with E-state index in [0.29, 0.717) is 17.6 Å². The van der Waals surface area contributed by atoms with Crippen molar-refractivity contribution >= 4 is 22.9 Å². The molecule has 1 fully saturated rings. The van der Waals surface area contributed by atoms with Gasteiger partial charge >= 0.3 is 0 Å². The number of nitrogens with zero attached hydrogens (tertiary/aromatic N) is 2. The zero-order chi connectivity index (χ0) is 14.0. The third-order valence-electron chi connectivity index (χ3n) is 3.39. The minimum atomic E-state index is 0.420. The van der Waals surface area contributed by atoms with Gasteiger partial charge in [-0.15, -0.1) is 0 Å². The van der Waals surface area contributed by atoms with Crippen LogP contribution in [0.3, 0.4) is 0 Å². The van der Waals surface area contributed by atoms with Crippen LogP contribution in [-0.4, -0.2) is 36.3 Å². The van der Waals surface area contributed by atoms with Crippen molar-refractivity contribution < 1.29 is 4.74 Å². The van der Waals surface area contributed by atoms with E-state index >= 15 is 0 Å². The molecule has 0 radical (unpaired) electrons. The summed E-state index contributed by atoms with van der Waals surface area (Å²) in [6.07, 6.45) is 2.45. The maximum Gasteiger partial charge on any atom is 0.107 e. The molecule has 1 aromatic rings. The molecule has 0 atom stereocenters. The summed E-state index contributed by atoms with van der Waals surface area (Å²) in [7, 11) is 1.72. The lowest BCUT2D eigenvalue weighted by atomic mass is 10.1. The van der Waals surface area contributed by atoms with E-state index in [1.165, 1.54) is 12.8 Å². The third-order valence-corrected chi connectivity index (χ3v) is 3.59. The fourth-order valence-electron chi connectivity index (χ4n) is 2.41. The Morgan fingerprint density at radius 3 is 2.74 bits per heavy atom. The first kappa shape index (κ1) is 14.2. The highest BCUT2D eigenvalue weighted by Gasteiger charge is 2.31. The Labute approximate surface area is 120 Å². The van der Waals surface area contributed by atoms with Crippen molar-refractivity contribution in [2.45, 2.75) is 32.7 Å². The second-order valence-electron chi connectivity index (χ2n) is 5.02. The molecule has 2 N–H and O–H groups in total. The first-order valence-electron chi connectivity index (χ1n) is 6.58. The van der Waals surface area contributed by atoms with Crippen LogP contribution in [0.4, 0.5) is 5.69 Å². The lowest BCUT2D eigenvalue weighted by molar-refractivity contribution is 0.205. The number of ether oxygens (including phenoxy) is 1.